The third kappa shape index (κ3) is 13.2. The summed E-state index contributed by atoms with van der Waals surface area (Å²) in [5, 5.41) is 4.77. The predicted octanol–water partition coefficient (Wildman–Crippen LogP) is 31.3. The van der Waals surface area contributed by atoms with Gasteiger partial charge in [0.1, 0.15) is 11.0 Å². The Bertz CT molecular complexity index is 7060. The quantitative estimate of drug-likeness (QED) is 0.0763. The van der Waals surface area contributed by atoms with Gasteiger partial charge in [0.25, 0.3) is 0 Å². The molecule has 3 heterocycles. The van der Waals surface area contributed by atoms with Gasteiger partial charge in [-0.25, -0.2) is 0 Å². The zero-order valence-electron chi connectivity index (χ0n) is 65.7. The smallest absolute Gasteiger partial charge is 0.113 e. The van der Waals surface area contributed by atoms with Crippen LogP contribution in [0.15, 0.2) is 431 Å². The van der Waals surface area contributed by atoms with Gasteiger partial charge in [-0.05, 0) is 240 Å². The van der Waals surface area contributed by atoms with Gasteiger partial charge in [0.15, 0.2) is 0 Å². The topological polar surface area (TPSA) is 42.1 Å². The molecule has 0 saturated carbocycles. The molecule has 3 aromatic heterocycles. The van der Waals surface area contributed by atoms with Crippen LogP contribution in [0.2, 0.25) is 0 Å². The van der Waals surface area contributed by atoms with E-state index in [4.69, 9.17) is 8.75 Å². The van der Waals surface area contributed by atoms with Crippen LogP contribution in [0.1, 0.15) is 19.8 Å². The van der Waals surface area contributed by atoms with E-state index in [1.54, 1.807) is 0 Å². The van der Waals surface area contributed by atoms with Gasteiger partial charge in [0.05, 0.1) is 22.8 Å². The summed E-state index contributed by atoms with van der Waals surface area (Å²) in [4.78, 5) is 4.62. The number of hydrogen-bond donors (Lipinski definition) is 0. The highest BCUT2D eigenvalue weighted by Gasteiger charge is 2.30. The van der Waals surface area contributed by atoms with E-state index < -0.39 is 0 Å². The molecule has 0 bridgehead atoms. The van der Waals surface area contributed by atoms with Crippen LogP contribution < -0.4 is 9.80 Å². The van der Waals surface area contributed by atoms with E-state index in [2.05, 4.69) is 457 Å². The Morgan fingerprint density at radius 1 is 0.235 bits per heavy atom. The second-order valence-corrected chi connectivity index (χ2v) is 31.2. The Kier molecular flexibility index (Phi) is 18.9. The van der Waals surface area contributed by atoms with E-state index in [-0.39, 0.29) is 0 Å². The standard InChI is InChI=1S/C112H80N6S/c1-2-3-71-115-101-67-55-85(73-97(101)98-75-87(58-68-102(98)115)96-66-65-95(111-112(96)114-119-113-111)77-51-61-93(62-52-77)117(90-45-27-11-28-46-90)91-47-29-12-30-48-91)86-57-70-104-100(74-86)99-72-84(76-49-59-92(60-50-76)116(88-41-23-9-24-42-88)89-43-25-10-26-44-89)56-69-103(99)118(104)94-63-53-83(54-64-94)110-108(81-37-19-7-20-38-81)106(79-33-15-5-16-34-79)105(78-31-13-4-14-32-78)107(80-35-17-6-18-36-80)109(110)82-39-21-8-22-40-82/h4-70,72-75H,2-3,71H2,1H3. The third-order valence-electron chi connectivity index (χ3n) is 23.6. The summed E-state index contributed by atoms with van der Waals surface area (Å²) < 4.78 is 15.1. The highest BCUT2D eigenvalue weighted by molar-refractivity contribution is 7.00. The van der Waals surface area contributed by atoms with Crippen LogP contribution in [-0.2, 0) is 6.54 Å². The number of rotatable bonds is 20. The highest BCUT2D eigenvalue weighted by Crippen LogP contribution is 2.57. The molecule has 0 amide bonds. The maximum absolute atomic E-state index is 5.06. The average molecular weight is 1540 g/mol. The van der Waals surface area contributed by atoms with Gasteiger partial charge in [-0.1, -0.05) is 311 Å². The Balaban J connectivity index is 0.716. The number of aryl methyl sites for hydroxylation is 1. The molecule has 0 atom stereocenters. The van der Waals surface area contributed by atoms with Gasteiger partial charge in [0.2, 0.25) is 0 Å². The average Bonchev–Trinajstić information content (AvgIpc) is 1.43. The molecule has 0 N–H and O–H groups in total. The van der Waals surface area contributed by atoms with E-state index >= 15 is 0 Å². The van der Waals surface area contributed by atoms with E-state index in [0.717, 1.165) is 159 Å². The van der Waals surface area contributed by atoms with Crippen LogP contribution in [0, 0.1) is 0 Å². The van der Waals surface area contributed by atoms with Crippen molar-refractivity contribution < 1.29 is 0 Å². The lowest BCUT2D eigenvalue weighted by Gasteiger charge is -2.29. The minimum Gasteiger partial charge on any atom is -0.340 e. The minimum absolute atomic E-state index is 0.902. The van der Waals surface area contributed by atoms with Crippen molar-refractivity contribution in [2.24, 2.45) is 0 Å². The molecule has 0 spiro atoms. The lowest BCUT2D eigenvalue weighted by atomic mass is 9.74. The van der Waals surface area contributed by atoms with E-state index in [1.165, 1.54) is 77.7 Å². The van der Waals surface area contributed by atoms with Crippen LogP contribution in [0.4, 0.5) is 34.1 Å². The molecule has 6 nitrogen and oxygen atoms in total. The number of unbranched alkanes of at least 4 members (excludes halogenated alkanes) is 1. The third-order valence-corrected chi connectivity index (χ3v) is 24.1. The fourth-order valence-corrected chi connectivity index (χ4v) is 18.7. The minimum atomic E-state index is 0.902. The molecule has 0 radical (unpaired) electrons. The zero-order chi connectivity index (χ0) is 79.1. The number of benzene rings is 18. The molecule has 0 aliphatic rings. The normalized spacial score (nSPS) is 11.5. The number of nitrogens with zero attached hydrogens (tertiary/aromatic N) is 6. The van der Waals surface area contributed by atoms with Crippen molar-refractivity contribution >= 4 is 100 Å². The Labute approximate surface area is 697 Å². The summed E-state index contributed by atoms with van der Waals surface area (Å²) >= 11 is 1.28. The predicted molar refractivity (Wildman–Crippen MR) is 503 cm³/mol. The van der Waals surface area contributed by atoms with Gasteiger partial charge in [-0.3, -0.25) is 0 Å². The molecule has 0 unspecified atom stereocenters. The van der Waals surface area contributed by atoms with E-state index in [0.29, 0.717) is 0 Å². The van der Waals surface area contributed by atoms with Crippen molar-refractivity contribution in [3.05, 3.63) is 431 Å². The van der Waals surface area contributed by atoms with Gasteiger partial charge in [-0.2, -0.15) is 8.75 Å². The summed E-state index contributed by atoms with van der Waals surface area (Å²) in [6.45, 7) is 3.20. The largest absolute Gasteiger partial charge is 0.340 e. The van der Waals surface area contributed by atoms with Crippen LogP contribution in [0.3, 0.4) is 0 Å². The fraction of sp³-hybridized carbons (Fsp3) is 0.0357. The summed E-state index contributed by atoms with van der Waals surface area (Å²) in [5.41, 5.74) is 37.0. The van der Waals surface area contributed by atoms with Gasteiger partial charge < -0.3 is 18.9 Å². The Hall–Kier alpha value is -15.0. The van der Waals surface area contributed by atoms with E-state index in [9.17, 15) is 0 Å². The zero-order valence-corrected chi connectivity index (χ0v) is 66.5. The molecule has 21 aromatic rings. The van der Waals surface area contributed by atoms with Gasteiger partial charge in [0, 0.05) is 90.1 Å². The fourth-order valence-electron chi connectivity index (χ4n) is 18.1. The first-order valence-corrected chi connectivity index (χ1v) is 41.8. The number of para-hydroxylation sites is 4. The number of hydrogen-bond acceptors (Lipinski definition) is 5. The van der Waals surface area contributed by atoms with E-state index in [1.807, 2.05) is 0 Å². The molecule has 7 heteroatoms. The number of aromatic nitrogens is 4. The molecule has 0 aliphatic carbocycles. The summed E-state index contributed by atoms with van der Waals surface area (Å²) in [6, 6.07) is 158. The molecule has 119 heavy (non-hydrogen) atoms. The van der Waals surface area contributed by atoms with Crippen molar-refractivity contribution in [1.29, 1.82) is 0 Å². The number of fused-ring (bicyclic) bond motifs is 7. The SMILES string of the molecule is CCCCn1c2ccc(-c3ccc4c(c3)c3cc(-c5ccc(N(c6ccccc6)c6ccccc6)cc5)ccc3n4-c3ccc(-c4c(-c5ccccc5)c(-c5ccccc5)c(-c5ccccc5)c(-c5ccccc5)c4-c4ccccc4)cc3)cc2c2cc(-c3ccc(-c4ccc(N(c5ccccc5)c5ccccc5)cc4)c4nsnc34)ccc21. The molecule has 0 aliphatic heterocycles. The van der Waals surface area contributed by atoms with Crippen LogP contribution in [0.5, 0.6) is 0 Å². The molecular weight excluding hydrogens is 1460 g/mol. The first kappa shape index (κ1) is 71.7. The van der Waals surface area contributed by atoms with Crippen molar-refractivity contribution in [2.75, 3.05) is 9.80 Å². The Morgan fingerprint density at radius 3 is 0.849 bits per heavy atom. The molecule has 0 saturated heterocycles. The maximum Gasteiger partial charge on any atom is 0.113 e. The summed E-state index contributed by atoms with van der Waals surface area (Å²) in [6.07, 6.45) is 2.15. The number of anilines is 6. The van der Waals surface area contributed by atoms with Crippen molar-refractivity contribution in [3.8, 4) is 117 Å². The van der Waals surface area contributed by atoms with Crippen LogP contribution in [-0.4, -0.2) is 17.9 Å². The molecule has 0 fully saturated rings. The molecule has 18 aromatic carbocycles. The summed E-state index contributed by atoms with van der Waals surface area (Å²) in [7, 11) is 0. The van der Waals surface area contributed by atoms with Crippen molar-refractivity contribution in [1.82, 2.24) is 17.9 Å². The second-order valence-electron chi connectivity index (χ2n) is 30.6. The maximum atomic E-state index is 5.06. The first-order chi connectivity index (χ1) is 59.0. The van der Waals surface area contributed by atoms with Gasteiger partial charge >= 0.3 is 0 Å². The van der Waals surface area contributed by atoms with Crippen molar-refractivity contribution in [3.63, 3.8) is 0 Å². The second kappa shape index (κ2) is 31.3. The van der Waals surface area contributed by atoms with Crippen molar-refractivity contribution in [2.45, 2.75) is 26.3 Å². The first-order valence-electron chi connectivity index (χ1n) is 41.1. The van der Waals surface area contributed by atoms with Crippen LogP contribution >= 0.6 is 11.7 Å². The lowest BCUT2D eigenvalue weighted by Crippen LogP contribution is -2.09. The molecule has 21 rings (SSSR count). The molecule has 564 valence electrons. The monoisotopic (exact) mass is 1540 g/mol. The van der Waals surface area contributed by atoms with Crippen LogP contribution in [0.25, 0.3) is 172 Å². The Morgan fingerprint density at radius 2 is 0.496 bits per heavy atom. The summed E-state index contributed by atoms with van der Waals surface area (Å²) in [5.74, 6) is 0. The highest BCUT2D eigenvalue weighted by atomic mass is 32.1. The molecular formula is C112H80N6S. The van der Waals surface area contributed by atoms with Gasteiger partial charge in [-0.15, -0.1) is 0 Å². The lowest BCUT2D eigenvalue weighted by molar-refractivity contribution is 0.665.